The average molecular weight is 463 g/mol. The maximum atomic E-state index is 12.5. The van der Waals surface area contributed by atoms with Crippen LogP contribution in [0.3, 0.4) is 0 Å². The Balaban J connectivity index is 1.72. The standard InChI is InChI=1S/C18H17N5O6S2/c1-13-9-10-19-18(20-13)22-31(28,29)17-7-5-15(6-8-17)21-30(26,27)12-14-3-2-4-16(11-14)23(24)25/h2-11,21H,12H2,1H3,(H,19,20,22). The summed E-state index contributed by atoms with van der Waals surface area (Å²) in [6.45, 7) is 1.69. The number of benzene rings is 2. The predicted octanol–water partition coefficient (Wildman–Crippen LogP) is 2.44. The fourth-order valence-electron chi connectivity index (χ4n) is 2.57. The highest BCUT2D eigenvalue weighted by Gasteiger charge is 2.18. The van der Waals surface area contributed by atoms with Crippen molar-refractivity contribution in [2.75, 3.05) is 9.44 Å². The number of aryl methyl sites for hydroxylation is 1. The van der Waals surface area contributed by atoms with E-state index in [1.807, 2.05) is 0 Å². The maximum absolute atomic E-state index is 12.5. The number of hydrogen-bond acceptors (Lipinski definition) is 8. The van der Waals surface area contributed by atoms with Crippen LogP contribution in [0.15, 0.2) is 65.7 Å². The van der Waals surface area contributed by atoms with Crippen LogP contribution >= 0.6 is 0 Å². The molecule has 0 saturated heterocycles. The number of hydrogen-bond donors (Lipinski definition) is 2. The quantitative estimate of drug-likeness (QED) is 0.380. The molecule has 0 aliphatic carbocycles. The molecule has 1 heterocycles. The smallest absolute Gasteiger partial charge is 0.269 e. The van der Waals surface area contributed by atoms with Gasteiger partial charge in [0, 0.05) is 29.7 Å². The topological polar surface area (TPSA) is 161 Å². The molecule has 0 amide bonds. The Kier molecular flexibility index (Phi) is 6.17. The zero-order valence-corrected chi connectivity index (χ0v) is 17.7. The first-order chi connectivity index (χ1) is 14.5. The Bertz CT molecular complexity index is 1330. The van der Waals surface area contributed by atoms with E-state index < -0.39 is 30.7 Å². The molecular weight excluding hydrogens is 446 g/mol. The number of sulfonamides is 2. The summed E-state index contributed by atoms with van der Waals surface area (Å²) in [5, 5.41) is 10.8. The Morgan fingerprint density at radius 3 is 2.35 bits per heavy atom. The van der Waals surface area contributed by atoms with E-state index in [9.17, 15) is 26.9 Å². The zero-order chi connectivity index (χ0) is 22.6. The van der Waals surface area contributed by atoms with Gasteiger partial charge in [-0.2, -0.15) is 0 Å². The molecule has 2 aromatic carbocycles. The number of non-ortho nitro benzene ring substituents is 1. The molecule has 162 valence electrons. The lowest BCUT2D eigenvalue weighted by Gasteiger charge is -2.10. The van der Waals surface area contributed by atoms with E-state index in [1.54, 1.807) is 13.0 Å². The molecule has 13 heteroatoms. The Hall–Kier alpha value is -3.58. The van der Waals surface area contributed by atoms with Crippen molar-refractivity contribution in [2.45, 2.75) is 17.6 Å². The number of nitrogens with one attached hydrogen (secondary N) is 2. The minimum atomic E-state index is -3.97. The monoisotopic (exact) mass is 463 g/mol. The lowest BCUT2D eigenvalue weighted by Crippen LogP contribution is -2.16. The molecule has 3 rings (SSSR count). The van der Waals surface area contributed by atoms with Gasteiger partial charge in [-0.05, 0) is 42.8 Å². The molecule has 0 aliphatic rings. The number of nitrogens with zero attached hydrogens (tertiary/aromatic N) is 3. The SMILES string of the molecule is Cc1ccnc(NS(=O)(=O)c2ccc(NS(=O)(=O)Cc3cccc([N+](=O)[O-])c3)cc2)n1. The third kappa shape index (κ3) is 5.96. The lowest BCUT2D eigenvalue weighted by atomic mass is 10.2. The van der Waals surface area contributed by atoms with Crippen LogP contribution in [0.25, 0.3) is 0 Å². The summed E-state index contributed by atoms with van der Waals surface area (Å²) in [7, 11) is -7.86. The van der Waals surface area contributed by atoms with Crippen molar-refractivity contribution in [3.63, 3.8) is 0 Å². The highest BCUT2D eigenvalue weighted by Crippen LogP contribution is 2.20. The van der Waals surface area contributed by atoms with Crippen LogP contribution < -0.4 is 9.44 Å². The van der Waals surface area contributed by atoms with Gasteiger partial charge >= 0.3 is 0 Å². The van der Waals surface area contributed by atoms with Gasteiger partial charge in [-0.25, -0.2) is 31.5 Å². The van der Waals surface area contributed by atoms with E-state index in [0.717, 1.165) is 0 Å². The predicted molar refractivity (Wildman–Crippen MR) is 113 cm³/mol. The van der Waals surface area contributed by atoms with E-state index in [1.165, 1.54) is 54.7 Å². The second-order valence-electron chi connectivity index (χ2n) is 6.44. The Labute approximate surface area is 178 Å². The van der Waals surface area contributed by atoms with Crippen LogP contribution in [0.4, 0.5) is 17.3 Å². The first-order valence-electron chi connectivity index (χ1n) is 8.70. The average Bonchev–Trinajstić information content (AvgIpc) is 2.67. The van der Waals surface area contributed by atoms with Crippen LogP contribution in [0.1, 0.15) is 11.3 Å². The minimum Gasteiger partial charge on any atom is -0.283 e. The number of anilines is 2. The van der Waals surface area contributed by atoms with Gasteiger partial charge in [-0.15, -0.1) is 0 Å². The Morgan fingerprint density at radius 1 is 1.00 bits per heavy atom. The van der Waals surface area contributed by atoms with Crippen LogP contribution in [0.5, 0.6) is 0 Å². The molecule has 11 nitrogen and oxygen atoms in total. The van der Waals surface area contributed by atoms with Crippen molar-refractivity contribution >= 4 is 37.4 Å². The van der Waals surface area contributed by atoms with E-state index in [4.69, 9.17) is 0 Å². The van der Waals surface area contributed by atoms with Crippen LogP contribution in [-0.4, -0.2) is 31.7 Å². The van der Waals surface area contributed by atoms with Crippen molar-refractivity contribution in [1.82, 2.24) is 9.97 Å². The molecule has 1 aromatic heterocycles. The molecule has 0 spiro atoms. The second-order valence-corrected chi connectivity index (χ2v) is 9.84. The summed E-state index contributed by atoms with van der Waals surface area (Å²) in [5.41, 5.74) is 0.744. The van der Waals surface area contributed by atoms with Gasteiger partial charge < -0.3 is 0 Å². The maximum Gasteiger partial charge on any atom is 0.269 e. The molecule has 0 unspecified atom stereocenters. The van der Waals surface area contributed by atoms with Crippen molar-refractivity contribution in [1.29, 1.82) is 0 Å². The molecule has 0 bridgehead atoms. The van der Waals surface area contributed by atoms with Crippen molar-refractivity contribution in [3.8, 4) is 0 Å². The van der Waals surface area contributed by atoms with E-state index >= 15 is 0 Å². The van der Waals surface area contributed by atoms with Gasteiger partial charge in [0.15, 0.2) is 0 Å². The first kappa shape index (κ1) is 22.1. The van der Waals surface area contributed by atoms with Gasteiger partial charge in [0.05, 0.1) is 15.6 Å². The van der Waals surface area contributed by atoms with Crippen molar-refractivity contribution in [3.05, 3.63) is 82.2 Å². The number of aromatic nitrogens is 2. The molecular formula is C18H17N5O6S2. The van der Waals surface area contributed by atoms with Gasteiger partial charge in [-0.3, -0.25) is 14.8 Å². The second kappa shape index (κ2) is 8.65. The molecule has 0 saturated carbocycles. The molecule has 0 fully saturated rings. The van der Waals surface area contributed by atoms with Gasteiger partial charge in [-0.1, -0.05) is 12.1 Å². The summed E-state index contributed by atoms with van der Waals surface area (Å²) in [5.74, 6) is -0.567. The molecule has 31 heavy (non-hydrogen) atoms. The summed E-state index contributed by atoms with van der Waals surface area (Å²) in [4.78, 5) is 17.9. The highest BCUT2D eigenvalue weighted by atomic mass is 32.2. The van der Waals surface area contributed by atoms with Crippen LogP contribution in [0, 0.1) is 17.0 Å². The van der Waals surface area contributed by atoms with Gasteiger partial charge in [0.1, 0.15) is 0 Å². The molecule has 0 aliphatic heterocycles. The van der Waals surface area contributed by atoms with Crippen molar-refractivity contribution < 1.29 is 21.8 Å². The normalized spacial score (nSPS) is 11.6. The number of rotatable bonds is 8. The lowest BCUT2D eigenvalue weighted by molar-refractivity contribution is -0.384. The number of nitro benzene ring substituents is 1. The third-order valence-corrected chi connectivity index (χ3v) is 6.54. The molecule has 2 N–H and O–H groups in total. The molecule has 3 aromatic rings. The largest absolute Gasteiger partial charge is 0.283 e. The third-order valence-electron chi connectivity index (χ3n) is 3.94. The fourth-order valence-corrected chi connectivity index (χ4v) is 4.71. The van der Waals surface area contributed by atoms with Crippen molar-refractivity contribution in [2.24, 2.45) is 0 Å². The van der Waals surface area contributed by atoms with Gasteiger partial charge in [0.25, 0.3) is 15.7 Å². The summed E-state index contributed by atoms with van der Waals surface area (Å²) >= 11 is 0. The van der Waals surface area contributed by atoms with E-state index in [0.29, 0.717) is 5.69 Å². The Morgan fingerprint density at radius 2 is 1.71 bits per heavy atom. The fraction of sp³-hybridized carbons (Fsp3) is 0.111. The van der Waals surface area contributed by atoms with E-state index in [2.05, 4.69) is 19.4 Å². The zero-order valence-electron chi connectivity index (χ0n) is 16.1. The number of nitro groups is 1. The van der Waals surface area contributed by atoms with Crippen LogP contribution in [-0.2, 0) is 25.8 Å². The summed E-state index contributed by atoms with van der Waals surface area (Å²) in [6, 6.07) is 11.9. The van der Waals surface area contributed by atoms with Gasteiger partial charge in [0.2, 0.25) is 16.0 Å². The molecule has 0 atom stereocenters. The summed E-state index contributed by atoms with van der Waals surface area (Å²) in [6.07, 6.45) is 1.42. The van der Waals surface area contributed by atoms with Crippen LogP contribution in [0.2, 0.25) is 0 Å². The summed E-state index contributed by atoms with van der Waals surface area (Å²) < 4.78 is 54.2. The molecule has 0 radical (unpaired) electrons. The minimum absolute atomic E-state index is 0.0817. The van der Waals surface area contributed by atoms with E-state index in [-0.39, 0.29) is 27.8 Å². The first-order valence-corrected chi connectivity index (χ1v) is 11.8. The highest BCUT2D eigenvalue weighted by molar-refractivity contribution is 7.92.